The zero-order chi connectivity index (χ0) is 16.0. The molecule has 1 rings (SSSR count). The van der Waals surface area contributed by atoms with Crippen molar-refractivity contribution in [2.24, 2.45) is 17.8 Å². The molecule has 0 saturated heterocycles. The van der Waals surface area contributed by atoms with Gasteiger partial charge in [0.1, 0.15) is 0 Å². The first-order chi connectivity index (χ1) is 9.81. The quantitative estimate of drug-likeness (QED) is 0.751. The molecular weight excluding hydrogens is 305 g/mol. The molecule has 21 heavy (non-hydrogen) atoms. The van der Waals surface area contributed by atoms with Crippen LogP contribution >= 0.6 is 23.2 Å². The second-order valence-electron chi connectivity index (χ2n) is 6.19. The van der Waals surface area contributed by atoms with Crippen LogP contribution in [0.2, 0.25) is 10.0 Å². The predicted molar refractivity (Wildman–Crippen MR) is 91.0 cm³/mol. The molecule has 0 spiro atoms. The fraction of sp³-hybridized carbons (Fsp3) is 0.588. The molecule has 1 aromatic carbocycles. The van der Waals surface area contributed by atoms with Crippen molar-refractivity contribution in [3.63, 3.8) is 0 Å². The van der Waals surface area contributed by atoms with E-state index in [0.29, 0.717) is 40.6 Å². The van der Waals surface area contributed by atoms with E-state index in [4.69, 9.17) is 23.2 Å². The Morgan fingerprint density at radius 3 is 2.29 bits per heavy atom. The van der Waals surface area contributed by atoms with Gasteiger partial charge in [-0.05, 0) is 41.9 Å². The van der Waals surface area contributed by atoms with Crippen LogP contribution in [0.4, 0.5) is 0 Å². The van der Waals surface area contributed by atoms with Gasteiger partial charge in [0.2, 0.25) is 5.91 Å². The summed E-state index contributed by atoms with van der Waals surface area (Å²) in [5, 5.41) is 4.28. The largest absolute Gasteiger partial charge is 0.356 e. The zero-order valence-electron chi connectivity index (χ0n) is 13.2. The van der Waals surface area contributed by atoms with E-state index in [1.165, 1.54) is 0 Å². The number of benzene rings is 1. The Hall–Kier alpha value is -0.730. The van der Waals surface area contributed by atoms with Crippen molar-refractivity contribution in [1.29, 1.82) is 0 Å². The van der Waals surface area contributed by atoms with Crippen molar-refractivity contribution in [2.75, 3.05) is 6.54 Å². The molecule has 2 nitrogen and oxygen atoms in total. The summed E-state index contributed by atoms with van der Waals surface area (Å²) in [7, 11) is 0. The summed E-state index contributed by atoms with van der Waals surface area (Å²) in [6.07, 6.45) is 1.08. The van der Waals surface area contributed by atoms with E-state index < -0.39 is 0 Å². The van der Waals surface area contributed by atoms with E-state index in [0.717, 1.165) is 12.1 Å². The van der Waals surface area contributed by atoms with Gasteiger partial charge >= 0.3 is 0 Å². The van der Waals surface area contributed by atoms with Crippen LogP contribution in [0.5, 0.6) is 0 Å². The molecule has 0 aromatic heterocycles. The van der Waals surface area contributed by atoms with Crippen LogP contribution in [0.3, 0.4) is 0 Å². The highest BCUT2D eigenvalue weighted by Crippen LogP contribution is 2.22. The number of carbonyl (C=O) groups excluding carboxylic acids is 1. The Kier molecular flexibility index (Phi) is 7.55. The number of aryl methyl sites for hydroxylation is 1. The van der Waals surface area contributed by atoms with Gasteiger partial charge in [0.15, 0.2) is 0 Å². The molecule has 118 valence electrons. The maximum atomic E-state index is 12.0. The van der Waals surface area contributed by atoms with E-state index in [2.05, 4.69) is 33.0 Å². The molecule has 0 heterocycles. The van der Waals surface area contributed by atoms with Crippen molar-refractivity contribution in [1.82, 2.24) is 5.32 Å². The van der Waals surface area contributed by atoms with Crippen LogP contribution in [0.1, 0.15) is 39.7 Å². The van der Waals surface area contributed by atoms with Crippen LogP contribution in [0, 0.1) is 17.8 Å². The highest BCUT2D eigenvalue weighted by Gasteiger charge is 2.18. The summed E-state index contributed by atoms with van der Waals surface area (Å²) in [5.41, 5.74) is 0.959. The first-order valence-corrected chi connectivity index (χ1v) is 8.27. The van der Waals surface area contributed by atoms with Gasteiger partial charge in [-0.1, -0.05) is 57.0 Å². The minimum atomic E-state index is 0.0762. The molecule has 0 fully saturated rings. The van der Waals surface area contributed by atoms with Crippen LogP contribution in [-0.2, 0) is 11.2 Å². The number of hydrogen-bond acceptors (Lipinski definition) is 1. The maximum Gasteiger partial charge on any atom is 0.220 e. The van der Waals surface area contributed by atoms with E-state index in [1.807, 2.05) is 6.07 Å². The molecule has 1 N–H and O–H groups in total. The van der Waals surface area contributed by atoms with Crippen molar-refractivity contribution < 1.29 is 4.79 Å². The lowest BCUT2D eigenvalue weighted by Crippen LogP contribution is -2.34. The number of nitrogens with one attached hydrogen (secondary N) is 1. The second-order valence-corrected chi connectivity index (χ2v) is 7.04. The molecule has 0 saturated carbocycles. The molecule has 1 amide bonds. The van der Waals surface area contributed by atoms with E-state index in [-0.39, 0.29) is 5.91 Å². The Balaban J connectivity index is 2.44. The summed E-state index contributed by atoms with van der Waals surface area (Å²) in [6.45, 7) is 9.53. The number of halogens is 2. The lowest BCUT2D eigenvalue weighted by molar-refractivity contribution is -0.121. The van der Waals surface area contributed by atoms with Crippen LogP contribution in [-0.4, -0.2) is 12.5 Å². The van der Waals surface area contributed by atoms with Crippen molar-refractivity contribution in [3.05, 3.63) is 33.8 Å². The van der Waals surface area contributed by atoms with E-state index in [9.17, 15) is 4.79 Å². The van der Waals surface area contributed by atoms with Gasteiger partial charge in [0.05, 0.1) is 0 Å². The molecule has 1 aromatic rings. The molecule has 0 aliphatic rings. The lowest BCUT2D eigenvalue weighted by Gasteiger charge is -2.25. The van der Waals surface area contributed by atoms with Gasteiger partial charge < -0.3 is 5.32 Å². The number of carbonyl (C=O) groups is 1. The predicted octanol–water partition coefficient (Wildman–Crippen LogP) is 4.97. The van der Waals surface area contributed by atoms with Gasteiger partial charge in [0, 0.05) is 23.0 Å². The van der Waals surface area contributed by atoms with Crippen molar-refractivity contribution in [3.8, 4) is 0 Å². The molecule has 0 unspecified atom stereocenters. The smallest absolute Gasteiger partial charge is 0.220 e. The number of rotatable bonds is 7. The van der Waals surface area contributed by atoms with Crippen LogP contribution in [0.15, 0.2) is 18.2 Å². The average Bonchev–Trinajstić information content (AvgIpc) is 2.37. The summed E-state index contributed by atoms with van der Waals surface area (Å²) in [6, 6.07) is 5.39. The minimum Gasteiger partial charge on any atom is -0.356 e. The van der Waals surface area contributed by atoms with Gasteiger partial charge in [-0.25, -0.2) is 0 Å². The minimum absolute atomic E-state index is 0.0762. The first-order valence-electron chi connectivity index (χ1n) is 7.52. The molecule has 0 atom stereocenters. The Bertz CT molecular complexity index is 464. The third kappa shape index (κ3) is 6.27. The maximum absolute atomic E-state index is 12.0. The van der Waals surface area contributed by atoms with Crippen LogP contribution in [0.25, 0.3) is 0 Å². The average molecular weight is 330 g/mol. The van der Waals surface area contributed by atoms with Gasteiger partial charge in [-0.2, -0.15) is 0 Å². The summed E-state index contributed by atoms with van der Waals surface area (Å²) in [5.74, 6) is 1.72. The second kappa shape index (κ2) is 8.65. The van der Waals surface area contributed by atoms with Crippen LogP contribution < -0.4 is 5.32 Å². The normalized spacial score (nSPS) is 11.5. The third-order valence-corrected chi connectivity index (χ3v) is 4.47. The first kappa shape index (κ1) is 18.3. The Morgan fingerprint density at radius 2 is 1.76 bits per heavy atom. The summed E-state index contributed by atoms with van der Waals surface area (Å²) >= 11 is 12.0. The number of amides is 1. The van der Waals surface area contributed by atoms with Crippen molar-refractivity contribution in [2.45, 2.75) is 40.5 Å². The van der Waals surface area contributed by atoms with Gasteiger partial charge in [0.25, 0.3) is 0 Å². The molecule has 0 radical (unpaired) electrons. The number of hydrogen-bond donors (Lipinski definition) is 1. The summed E-state index contributed by atoms with van der Waals surface area (Å²) in [4.78, 5) is 12.0. The lowest BCUT2D eigenvalue weighted by atomic mass is 9.85. The van der Waals surface area contributed by atoms with Crippen molar-refractivity contribution >= 4 is 29.1 Å². The topological polar surface area (TPSA) is 29.1 Å². The highest BCUT2D eigenvalue weighted by molar-refractivity contribution is 6.35. The third-order valence-electron chi connectivity index (χ3n) is 3.88. The molecular formula is C17H25Cl2NO. The Labute approximate surface area is 138 Å². The van der Waals surface area contributed by atoms with Gasteiger partial charge in [-0.3, -0.25) is 4.79 Å². The SMILES string of the molecule is CC(C)C(CNC(=O)CCc1ccc(Cl)cc1Cl)C(C)C. The van der Waals surface area contributed by atoms with E-state index in [1.54, 1.807) is 12.1 Å². The highest BCUT2D eigenvalue weighted by atomic mass is 35.5. The van der Waals surface area contributed by atoms with Gasteiger partial charge in [-0.15, -0.1) is 0 Å². The summed E-state index contributed by atoms with van der Waals surface area (Å²) < 4.78 is 0. The Morgan fingerprint density at radius 1 is 1.14 bits per heavy atom. The van der Waals surface area contributed by atoms with E-state index >= 15 is 0 Å². The monoisotopic (exact) mass is 329 g/mol. The molecule has 4 heteroatoms. The zero-order valence-corrected chi connectivity index (χ0v) is 14.8. The molecule has 0 bridgehead atoms. The molecule has 0 aliphatic heterocycles. The standard InChI is InChI=1S/C17H25Cl2NO/c1-11(2)15(12(3)4)10-20-17(21)8-6-13-5-7-14(18)9-16(13)19/h5,7,9,11-12,15H,6,8,10H2,1-4H3,(H,20,21). The molecule has 0 aliphatic carbocycles. The fourth-order valence-electron chi connectivity index (χ4n) is 2.53. The fourth-order valence-corrected chi connectivity index (χ4v) is 3.04.